The van der Waals surface area contributed by atoms with E-state index in [1.807, 2.05) is 6.92 Å². The smallest absolute Gasteiger partial charge is 0.253 e. The van der Waals surface area contributed by atoms with Gasteiger partial charge in [0.15, 0.2) is 5.84 Å². The van der Waals surface area contributed by atoms with Gasteiger partial charge in [0.2, 0.25) is 0 Å². The number of nitrogens with one attached hydrogen (secondary N) is 1. The van der Waals surface area contributed by atoms with E-state index in [1.54, 1.807) is 12.3 Å². The maximum Gasteiger partial charge on any atom is 0.253 e. The van der Waals surface area contributed by atoms with Crippen molar-refractivity contribution in [2.45, 2.75) is 25.8 Å². The number of amides is 1. The third kappa shape index (κ3) is 2.77. The summed E-state index contributed by atoms with van der Waals surface area (Å²) >= 11 is 0. The zero-order valence-electron chi connectivity index (χ0n) is 10.1. The number of hydrogen-bond donors (Lipinski definition) is 3. The Morgan fingerprint density at radius 2 is 2.33 bits per heavy atom. The SMILES string of the molecule is Cc1cncc(C(=O)NC(C(N)=NO)C2CC2)c1. The fourth-order valence-corrected chi connectivity index (χ4v) is 1.83. The summed E-state index contributed by atoms with van der Waals surface area (Å²) in [6, 6.07) is 1.35. The van der Waals surface area contributed by atoms with Crippen LogP contribution in [-0.2, 0) is 0 Å². The Morgan fingerprint density at radius 1 is 1.61 bits per heavy atom. The minimum absolute atomic E-state index is 0.0477. The summed E-state index contributed by atoms with van der Waals surface area (Å²) in [6.45, 7) is 1.87. The molecule has 18 heavy (non-hydrogen) atoms. The highest BCUT2D eigenvalue weighted by molar-refractivity contribution is 5.98. The Bertz CT molecular complexity index is 483. The summed E-state index contributed by atoms with van der Waals surface area (Å²) in [5, 5.41) is 14.5. The molecule has 6 heteroatoms. The van der Waals surface area contributed by atoms with Gasteiger partial charge in [-0.15, -0.1) is 0 Å². The number of carbonyl (C=O) groups excluding carboxylic acids is 1. The van der Waals surface area contributed by atoms with Crippen molar-refractivity contribution in [2.24, 2.45) is 16.8 Å². The number of pyridine rings is 1. The molecule has 1 fully saturated rings. The molecule has 1 aromatic heterocycles. The predicted molar refractivity (Wildman–Crippen MR) is 66.4 cm³/mol. The second-order valence-corrected chi connectivity index (χ2v) is 4.56. The van der Waals surface area contributed by atoms with Crippen LogP contribution in [0.1, 0.15) is 28.8 Å². The van der Waals surface area contributed by atoms with E-state index < -0.39 is 6.04 Å². The van der Waals surface area contributed by atoms with Crippen LogP contribution >= 0.6 is 0 Å². The fourth-order valence-electron chi connectivity index (χ4n) is 1.83. The second kappa shape index (κ2) is 5.03. The van der Waals surface area contributed by atoms with Gasteiger partial charge in [0.05, 0.1) is 11.6 Å². The molecule has 1 aliphatic carbocycles. The van der Waals surface area contributed by atoms with Crippen molar-refractivity contribution in [3.63, 3.8) is 0 Å². The molecule has 0 radical (unpaired) electrons. The van der Waals surface area contributed by atoms with Crippen LogP contribution in [0.4, 0.5) is 0 Å². The third-order valence-electron chi connectivity index (χ3n) is 2.95. The number of rotatable bonds is 4. The molecule has 1 amide bonds. The van der Waals surface area contributed by atoms with E-state index in [0.29, 0.717) is 5.56 Å². The highest BCUT2D eigenvalue weighted by atomic mass is 16.4. The van der Waals surface area contributed by atoms with Gasteiger partial charge >= 0.3 is 0 Å². The van der Waals surface area contributed by atoms with E-state index in [-0.39, 0.29) is 17.7 Å². The Balaban J connectivity index is 2.10. The molecule has 2 rings (SSSR count). The Morgan fingerprint density at radius 3 is 2.89 bits per heavy atom. The molecule has 0 bridgehead atoms. The summed E-state index contributed by atoms with van der Waals surface area (Å²) in [4.78, 5) is 16.0. The Hall–Kier alpha value is -2.11. The highest BCUT2D eigenvalue weighted by Gasteiger charge is 2.35. The van der Waals surface area contributed by atoms with E-state index in [4.69, 9.17) is 10.9 Å². The molecule has 0 saturated heterocycles. The van der Waals surface area contributed by atoms with Gasteiger partial charge in [-0.05, 0) is 37.3 Å². The van der Waals surface area contributed by atoms with Gasteiger partial charge in [-0.1, -0.05) is 5.16 Å². The van der Waals surface area contributed by atoms with Gasteiger partial charge in [0, 0.05) is 12.4 Å². The topological polar surface area (TPSA) is 101 Å². The second-order valence-electron chi connectivity index (χ2n) is 4.56. The van der Waals surface area contributed by atoms with Crippen molar-refractivity contribution in [3.05, 3.63) is 29.6 Å². The quantitative estimate of drug-likeness (QED) is 0.315. The lowest BCUT2D eigenvalue weighted by Crippen LogP contribution is -2.46. The number of aromatic nitrogens is 1. The lowest BCUT2D eigenvalue weighted by molar-refractivity contribution is 0.0942. The molecule has 1 aliphatic rings. The zero-order chi connectivity index (χ0) is 13.1. The number of aryl methyl sites for hydroxylation is 1. The minimum Gasteiger partial charge on any atom is -0.409 e. The molecule has 1 aromatic rings. The largest absolute Gasteiger partial charge is 0.409 e. The number of nitrogens with two attached hydrogens (primary N) is 1. The first-order chi connectivity index (χ1) is 8.61. The van der Waals surface area contributed by atoms with E-state index in [1.165, 1.54) is 6.20 Å². The zero-order valence-corrected chi connectivity index (χ0v) is 10.1. The molecule has 96 valence electrons. The Kier molecular flexibility index (Phi) is 3.45. The highest BCUT2D eigenvalue weighted by Crippen LogP contribution is 2.32. The molecule has 1 heterocycles. The maximum atomic E-state index is 12.0. The molecule has 0 aromatic carbocycles. The van der Waals surface area contributed by atoms with Gasteiger partial charge in [-0.25, -0.2) is 0 Å². The minimum atomic E-state index is -0.400. The molecular formula is C12H16N4O2. The van der Waals surface area contributed by atoms with Crippen LogP contribution in [0.25, 0.3) is 0 Å². The number of amidine groups is 1. The molecule has 1 unspecified atom stereocenters. The van der Waals surface area contributed by atoms with Crippen molar-refractivity contribution >= 4 is 11.7 Å². The molecule has 1 atom stereocenters. The van der Waals surface area contributed by atoms with Gasteiger partial charge in [0.1, 0.15) is 0 Å². The average Bonchev–Trinajstić information content (AvgIpc) is 3.19. The van der Waals surface area contributed by atoms with E-state index >= 15 is 0 Å². The lowest BCUT2D eigenvalue weighted by Gasteiger charge is -2.16. The van der Waals surface area contributed by atoms with Crippen LogP contribution in [0.3, 0.4) is 0 Å². The fraction of sp³-hybridized carbons (Fsp3) is 0.417. The van der Waals surface area contributed by atoms with E-state index in [9.17, 15) is 4.79 Å². The number of carbonyl (C=O) groups is 1. The van der Waals surface area contributed by atoms with Crippen molar-refractivity contribution in [1.82, 2.24) is 10.3 Å². The molecule has 1 saturated carbocycles. The van der Waals surface area contributed by atoms with Gasteiger partial charge < -0.3 is 16.3 Å². The van der Waals surface area contributed by atoms with Crippen LogP contribution in [0.15, 0.2) is 23.6 Å². The van der Waals surface area contributed by atoms with E-state index in [0.717, 1.165) is 18.4 Å². The third-order valence-corrected chi connectivity index (χ3v) is 2.95. The maximum absolute atomic E-state index is 12.0. The van der Waals surface area contributed by atoms with Crippen LogP contribution in [0, 0.1) is 12.8 Å². The summed E-state index contributed by atoms with van der Waals surface area (Å²) in [7, 11) is 0. The lowest BCUT2D eigenvalue weighted by atomic mass is 10.1. The molecule has 6 nitrogen and oxygen atoms in total. The van der Waals surface area contributed by atoms with Crippen LogP contribution in [0.2, 0.25) is 0 Å². The normalized spacial score (nSPS) is 17.3. The standard InChI is InChI=1S/C12H16N4O2/c1-7-4-9(6-14-5-7)12(17)15-10(8-2-3-8)11(13)16-18/h4-6,8,10,18H,2-3H2,1H3,(H2,13,16)(H,15,17). The van der Waals surface area contributed by atoms with Crippen molar-refractivity contribution in [3.8, 4) is 0 Å². The first kappa shape index (κ1) is 12.3. The molecule has 4 N–H and O–H groups in total. The summed E-state index contributed by atoms with van der Waals surface area (Å²) in [6.07, 6.45) is 5.14. The van der Waals surface area contributed by atoms with Crippen LogP contribution in [0.5, 0.6) is 0 Å². The Labute approximate surface area is 105 Å². The summed E-state index contributed by atoms with van der Waals surface area (Å²) in [5.41, 5.74) is 6.97. The van der Waals surface area contributed by atoms with Crippen molar-refractivity contribution in [1.29, 1.82) is 0 Å². The van der Waals surface area contributed by atoms with Crippen LogP contribution < -0.4 is 11.1 Å². The van der Waals surface area contributed by atoms with Crippen molar-refractivity contribution < 1.29 is 10.0 Å². The van der Waals surface area contributed by atoms with E-state index in [2.05, 4.69) is 15.5 Å². The van der Waals surface area contributed by atoms with Gasteiger partial charge in [-0.3, -0.25) is 9.78 Å². The van der Waals surface area contributed by atoms with Gasteiger partial charge in [-0.2, -0.15) is 0 Å². The predicted octanol–water partition coefficient (Wildman–Crippen LogP) is 0.645. The first-order valence-corrected chi connectivity index (χ1v) is 5.81. The summed E-state index contributed by atoms with van der Waals surface area (Å²) < 4.78 is 0. The molecule has 0 aliphatic heterocycles. The van der Waals surface area contributed by atoms with Gasteiger partial charge in [0.25, 0.3) is 5.91 Å². The first-order valence-electron chi connectivity index (χ1n) is 5.81. The molecular weight excluding hydrogens is 232 g/mol. The average molecular weight is 248 g/mol. The number of hydrogen-bond acceptors (Lipinski definition) is 4. The molecule has 0 spiro atoms. The van der Waals surface area contributed by atoms with Crippen molar-refractivity contribution in [2.75, 3.05) is 0 Å². The monoisotopic (exact) mass is 248 g/mol. The number of oxime groups is 1. The number of nitrogens with zero attached hydrogens (tertiary/aromatic N) is 2. The van der Waals surface area contributed by atoms with Crippen LogP contribution in [-0.4, -0.2) is 28.0 Å². The summed E-state index contributed by atoms with van der Waals surface area (Å²) in [5.74, 6) is 0.0591.